The molecule has 1 aliphatic rings. The van der Waals surface area contributed by atoms with E-state index in [1.165, 1.54) is 10.8 Å². The third-order valence-corrected chi connectivity index (χ3v) is 3.97. The van der Waals surface area contributed by atoms with Crippen LogP contribution < -0.4 is 0 Å². The molecular formula is C16H18O. The van der Waals surface area contributed by atoms with Gasteiger partial charge in [-0.1, -0.05) is 55.8 Å². The lowest BCUT2D eigenvalue weighted by Gasteiger charge is -2.14. The highest BCUT2D eigenvalue weighted by Crippen LogP contribution is 2.55. The Morgan fingerprint density at radius 3 is 2.76 bits per heavy atom. The number of fused-ring (bicyclic) bond motifs is 1. The summed E-state index contributed by atoms with van der Waals surface area (Å²) in [6.45, 7) is 2.18. The molecule has 2 atom stereocenters. The van der Waals surface area contributed by atoms with E-state index in [0.29, 0.717) is 5.92 Å². The third kappa shape index (κ3) is 1.66. The van der Waals surface area contributed by atoms with E-state index in [0.717, 1.165) is 24.8 Å². The summed E-state index contributed by atoms with van der Waals surface area (Å²) in [5.74, 6) is 0.457. The van der Waals surface area contributed by atoms with Crippen molar-refractivity contribution in [2.24, 2.45) is 5.92 Å². The summed E-state index contributed by atoms with van der Waals surface area (Å²) in [5, 5.41) is 13.1. The molecule has 1 aliphatic carbocycles. The zero-order valence-corrected chi connectivity index (χ0v) is 10.2. The van der Waals surface area contributed by atoms with Gasteiger partial charge >= 0.3 is 0 Å². The molecule has 0 heterocycles. The minimum atomic E-state index is -0.559. The van der Waals surface area contributed by atoms with E-state index >= 15 is 0 Å². The van der Waals surface area contributed by atoms with Gasteiger partial charge in [-0.15, -0.1) is 0 Å². The smallest absolute Gasteiger partial charge is 0.0935 e. The van der Waals surface area contributed by atoms with Crippen LogP contribution in [0.1, 0.15) is 31.7 Å². The molecule has 0 bridgehead atoms. The fourth-order valence-corrected chi connectivity index (χ4v) is 2.94. The van der Waals surface area contributed by atoms with Crippen LogP contribution in [-0.4, -0.2) is 5.11 Å². The van der Waals surface area contributed by atoms with Gasteiger partial charge in [0.2, 0.25) is 0 Å². The lowest BCUT2D eigenvalue weighted by molar-refractivity contribution is 0.130. The average Bonchev–Trinajstić information content (AvgIpc) is 3.01. The molecular weight excluding hydrogens is 208 g/mol. The van der Waals surface area contributed by atoms with Crippen LogP contribution in [0.4, 0.5) is 0 Å². The highest BCUT2D eigenvalue weighted by molar-refractivity contribution is 5.86. The Hall–Kier alpha value is -1.34. The maximum atomic E-state index is 10.7. The SMILES string of the molecule is CCCC1CC1(O)c1cccc2ccccc12. The molecule has 0 saturated heterocycles. The molecule has 88 valence electrons. The first-order chi connectivity index (χ1) is 8.25. The summed E-state index contributed by atoms with van der Waals surface area (Å²) in [7, 11) is 0. The Morgan fingerprint density at radius 2 is 1.94 bits per heavy atom. The zero-order chi connectivity index (χ0) is 11.9. The Labute approximate surface area is 102 Å². The maximum absolute atomic E-state index is 10.7. The van der Waals surface area contributed by atoms with Crippen molar-refractivity contribution in [2.75, 3.05) is 0 Å². The molecule has 0 spiro atoms. The van der Waals surface area contributed by atoms with Gasteiger partial charge in [-0.2, -0.15) is 0 Å². The van der Waals surface area contributed by atoms with Gasteiger partial charge < -0.3 is 5.11 Å². The molecule has 0 aromatic heterocycles. The van der Waals surface area contributed by atoms with Crippen molar-refractivity contribution in [3.05, 3.63) is 48.0 Å². The van der Waals surface area contributed by atoms with Gasteiger partial charge in [-0.05, 0) is 35.1 Å². The first kappa shape index (κ1) is 10.8. The van der Waals surface area contributed by atoms with Crippen LogP contribution in [0.25, 0.3) is 10.8 Å². The third-order valence-electron chi connectivity index (χ3n) is 3.97. The summed E-state index contributed by atoms with van der Waals surface area (Å²) in [6, 6.07) is 14.6. The molecule has 17 heavy (non-hydrogen) atoms. The van der Waals surface area contributed by atoms with Crippen LogP contribution in [-0.2, 0) is 5.60 Å². The predicted molar refractivity (Wildman–Crippen MR) is 70.9 cm³/mol. The highest BCUT2D eigenvalue weighted by Gasteiger charge is 2.53. The predicted octanol–water partition coefficient (Wildman–Crippen LogP) is 3.85. The lowest BCUT2D eigenvalue weighted by atomic mass is 9.97. The lowest BCUT2D eigenvalue weighted by Crippen LogP contribution is -2.09. The second-order valence-electron chi connectivity index (χ2n) is 5.14. The van der Waals surface area contributed by atoms with Crippen LogP contribution in [0.3, 0.4) is 0 Å². The van der Waals surface area contributed by atoms with E-state index in [-0.39, 0.29) is 0 Å². The molecule has 2 aromatic rings. The number of aliphatic hydroxyl groups is 1. The summed E-state index contributed by atoms with van der Waals surface area (Å²) in [4.78, 5) is 0. The fraction of sp³-hybridized carbons (Fsp3) is 0.375. The van der Waals surface area contributed by atoms with Gasteiger partial charge in [0.15, 0.2) is 0 Å². The summed E-state index contributed by atoms with van der Waals surface area (Å²) < 4.78 is 0. The van der Waals surface area contributed by atoms with Crippen molar-refractivity contribution in [3.63, 3.8) is 0 Å². The summed E-state index contributed by atoms with van der Waals surface area (Å²) in [6.07, 6.45) is 3.20. The summed E-state index contributed by atoms with van der Waals surface area (Å²) >= 11 is 0. The first-order valence-electron chi connectivity index (χ1n) is 6.46. The van der Waals surface area contributed by atoms with Crippen molar-refractivity contribution in [1.29, 1.82) is 0 Å². The maximum Gasteiger partial charge on any atom is 0.0935 e. The topological polar surface area (TPSA) is 20.2 Å². The van der Waals surface area contributed by atoms with Gasteiger partial charge in [0, 0.05) is 0 Å². The Morgan fingerprint density at radius 1 is 1.18 bits per heavy atom. The van der Waals surface area contributed by atoms with Crippen LogP contribution >= 0.6 is 0 Å². The number of hydrogen-bond acceptors (Lipinski definition) is 1. The largest absolute Gasteiger partial charge is 0.385 e. The van der Waals surface area contributed by atoms with Crippen LogP contribution in [0.2, 0.25) is 0 Å². The van der Waals surface area contributed by atoms with Crippen molar-refractivity contribution < 1.29 is 5.11 Å². The van der Waals surface area contributed by atoms with Crippen LogP contribution in [0.5, 0.6) is 0 Å². The molecule has 0 aliphatic heterocycles. The molecule has 1 heteroatoms. The van der Waals surface area contributed by atoms with E-state index in [1.807, 2.05) is 12.1 Å². The second kappa shape index (κ2) is 3.85. The molecule has 1 fully saturated rings. The van der Waals surface area contributed by atoms with E-state index in [4.69, 9.17) is 0 Å². The normalized spacial score (nSPS) is 27.3. The fourth-order valence-electron chi connectivity index (χ4n) is 2.94. The van der Waals surface area contributed by atoms with Crippen molar-refractivity contribution in [3.8, 4) is 0 Å². The second-order valence-corrected chi connectivity index (χ2v) is 5.14. The number of rotatable bonds is 3. The molecule has 0 amide bonds. The van der Waals surface area contributed by atoms with Gasteiger partial charge in [-0.25, -0.2) is 0 Å². The zero-order valence-electron chi connectivity index (χ0n) is 10.2. The van der Waals surface area contributed by atoms with Gasteiger partial charge in [0.05, 0.1) is 5.60 Å². The Kier molecular flexibility index (Phi) is 2.44. The van der Waals surface area contributed by atoms with Gasteiger partial charge in [0.25, 0.3) is 0 Å². The van der Waals surface area contributed by atoms with Crippen molar-refractivity contribution >= 4 is 10.8 Å². The molecule has 1 N–H and O–H groups in total. The standard InChI is InChI=1S/C16H18O/c1-2-6-13-11-16(13,17)15-10-5-8-12-7-3-4-9-14(12)15/h3-5,7-10,13,17H,2,6,11H2,1H3. The van der Waals surface area contributed by atoms with Crippen LogP contribution in [0, 0.1) is 5.92 Å². The quantitative estimate of drug-likeness (QED) is 0.843. The summed E-state index contributed by atoms with van der Waals surface area (Å²) in [5.41, 5.74) is 0.561. The highest BCUT2D eigenvalue weighted by atomic mass is 16.3. The van der Waals surface area contributed by atoms with E-state index in [1.54, 1.807) is 0 Å². The number of benzene rings is 2. The van der Waals surface area contributed by atoms with E-state index in [2.05, 4.69) is 37.3 Å². The molecule has 1 nitrogen and oxygen atoms in total. The molecule has 3 rings (SSSR count). The number of hydrogen-bond donors (Lipinski definition) is 1. The van der Waals surface area contributed by atoms with E-state index < -0.39 is 5.60 Å². The molecule has 1 saturated carbocycles. The van der Waals surface area contributed by atoms with Gasteiger partial charge in [-0.3, -0.25) is 0 Å². The van der Waals surface area contributed by atoms with Crippen LogP contribution in [0.15, 0.2) is 42.5 Å². The first-order valence-corrected chi connectivity index (χ1v) is 6.46. The minimum Gasteiger partial charge on any atom is -0.385 e. The average molecular weight is 226 g/mol. The molecule has 0 radical (unpaired) electrons. The minimum absolute atomic E-state index is 0.457. The van der Waals surface area contributed by atoms with Crippen molar-refractivity contribution in [1.82, 2.24) is 0 Å². The molecule has 2 aromatic carbocycles. The Bertz CT molecular complexity index is 541. The Balaban J connectivity index is 2.07. The monoisotopic (exact) mass is 226 g/mol. The van der Waals surface area contributed by atoms with Crippen molar-refractivity contribution in [2.45, 2.75) is 31.8 Å². The molecule has 2 unspecified atom stereocenters. The van der Waals surface area contributed by atoms with E-state index in [9.17, 15) is 5.11 Å². The van der Waals surface area contributed by atoms with Gasteiger partial charge in [0.1, 0.15) is 0 Å².